The molecule has 5 rings (SSSR count). The van der Waals surface area contributed by atoms with Crippen LogP contribution in [0.2, 0.25) is 5.02 Å². The van der Waals surface area contributed by atoms with Crippen molar-refractivity contribution in [3.05, 3.63) is 77.0 Å². The van der Waals surface area contributed by atoms with Crippen LogP contribution in [-0.4, -0.2) is 55.1 Å². The maximum atomic E-state index is 13.1. The van der Waals surface area contributed by atoms with Gasteiger partial charge in [-0.15, -0.1) is 5.10 Å². The number of tetrazole rings is 1. The van der Waals surface area contributed by atoms with Crippen LogP contribution >= 0.6 is 11.6 Å². The fourth-order valence-electron chi connectivity index (χ4n) is 4.75. The number of carbonyl (C=O) groups excluding carboxylic acids is 3. The number of esters is 1. The van der Waals surface area contributed by atoms with E-state index >= 15 is 0 Å². The summed E-state index contributed by atoms with van der Waals surface area (Å²) in [5.41, 5.74) is 3.97. The minimum absolute atomic E-state index is 0.0808. The van der Waals surface area contributed by atoms with Crippen molar-refractivity contribution in [1.29, 1.82) is 0 Å². The van der Waals surface area contributed by atoms with Crippen molar-refractivity contribution >= 4 is 41.1 Å². The van der Waals surface area contributed by atoms with E-state index in [-0.39, 0.29) is 30.1 Å². The molecule has 2 bridgehead atoms. The number of aromatic nitrogens is 6. The molecule has 0 aliphatic carbocycles. The van der Waals surface area contributed by atoms with Crippen LogP contribution < -0.4 is 10.6 Å². The van der Waals surface area contributed by atoms with E-state index in [1.54, 1.807) is 42.6 Å². The third-order valence-electron chi connectivity index (χ3n) is 7.03. The van der Waals surface area contributed by atoms with Gasteiger partial charge in [-0.3, -0.25) is 14.4 Å². The molecule has 2 aromatic carbocycles. The molecule has 0 radical (unpaired) electrons. The minimum atomic E-state index is -0.425. The highest BCUT2D eigenvalue weighted by Gasteiger charge is 2.23. The van der Waals surface area contributed by atoms with Crippen LogP contribution in [0, 0.1) is 5.92 Å². The van der Waals surface area contributed by atoms with Gasteiger partial charge >= 0.3 is 5.97 Å². The van der Waals surface area contributed by atoms with E-state index < -0.39 is 6.04 Å². The second-order valence-corrected chi connectivity index (χ2v) is 10.4. The van der Waals surface area contributed by atoms with Crippen molar-refractivity contribution < 1.29 is 19.1 Å². The second-order valence-electron chi connectivity index (χ2n) is 9.99. The molecule has 2 amide bonds. The molecule has 0 unspecified atom stereocenters. The summed E-state index contributed by atoms with van der Waals surface area (Å²) >= 11 is 6.20. The third-order valence-corrected chi connectivity index (χ3v) is 7.26. The van der Waals surface area contributed by atoms with Gasteiger partial charge in [0, 0.05) is 28.1 Å². The number of aromatic amines is 1. The van der Waals surface area contributed by atoms with E-state index in [2.05, 4.69) is 36.1 Å². The third kappa shape index (κ3) is 6.72. The number of halogens is 1. The molecule has 4 aromatic rings. The van der Waals surface area contributed by atoms with E-state index in [1.165, 1.54) is 24.2 Å². The Kier molecular flexibility index (Phi) is 8.72. The Morgan fingerprint density at radius 3 is 2.86 bits per heavy atom. The largest absolute Gasteiger partial charge is 0.469 e. The molecule has 0 saturated heterocycles. The van der Waals surface area contributed by atoms with E-state index in [0.717, 1.165) is 0 Å². The second kappa shape index (κ2) is 12.8. The molecule has 12 nitrogen and oxygen atoms in total. The average Bonchev–Trinajstić information content (AvgIpc) is 3.68. The fourth-order valence-corrected chi connectivity index (χ4v) is 4.93. The number of carbonyl (C=O) groups is 3. The first-order valence-corrected chi connectivity index (χ1v) is 13.8. The lowest BCUT2D eigenvalue weighted by atomic mass is 9.99. The Labute approximate surface area is 246 Å². The Morgan fingerprint density at radius 2 is 2.07 bits per heavy atom. The van der Waals surface area contributed by atoms with Gasteiger partial charge in [-0.1, -0.05) is 37.1 Å². The Morgan fingerprint density at radius 1 is 1.21 bits per heavy atom. The van der Waals surface area contributed by atoms with Gasteiger partial charge in [-0.25, -0.2) is 4.98 Å². The normalized spacial score (nSPS) is 17.1. The molecule has 0 spiro atoms. The van der Waals surface area contributed by atoms with Gasteiger partial charge in [-0.05, 0) is 59.2 Å². The monoisotopic (exact) mass is 588 g/mol. The van der Waals surface area contributed by atoms with Gasteiger partial charge in [0.2, 0.25) is 11.8 Å². The smallest absolute Gasteiger partial charge is 0.309 e. The number of nitrogens with zero attached hydrogens (tertiary/aromatic N) is 5. The van der Waals surface area contributed by atoms with Crippen molar-refractivity contribution in [2.24, 2.45) is 5.92 Å². The summed E-state index contributed by atoms with van der Waals surface area (Å²) in [4.78, 5) is 45.8. The Balaban J connectivity index is 1.40. The average molecular weight is 589 g/mol. The lowest BCUT2D eigenvalue weighted by molar-refractivity contribution is -0.139. The highest BCUT2D eigenvalue weighted by Crippen LogP contribution is 2.31. The zero-order valence-corrected chi connectivity index (χ0v) is 23.8. The molecule has 2 atom stereocenters. The minimum Gasteiger partial charge on any atom is -0.469 e. The number of ether oxygens (including phenoxy) is 1. The van der Waals surface area contributed by atoms with E-state index in [4.69, 9.17) is 16.3 Å². The predicted octanol–water partition coefficient (Wildman–Crippen LogP) is 4.05. The van der Waals surface area contributed by atoms with Gasteiger partial charge in [0.25, 0.3) is 0 Å². The van der Waals surface area contributed by atoms with Crippen molar-refractivity contribution in [3.63, 3.8) is 0 Å². The van der Waals surface area contributed by atoms with Gasteiger partial charge < -0.3 is 20.4 Å². The summed E-state index contributed by atoms with van der Waals surface area (Å²) in [6, 6.07) is 10.2. The highest BCUT2D eigenvalue weighted by molar-refractivity contribution is 6.30. The van der Waals surface area contributed by atoms with E-state index in [9.17, 15) is 14.4 Å². The molecule has 2 aromatic heterocycles. The van der Waals surface area contributed by atoms with Crippen LogP contribution in [0.1, 0.15) is 49.2 Å². The van der Waals surface area contributed by atoms with Crippen LogP contribution in [0.3, 0.4) is 0 Å². The molecule has 42 heavy (non-hydrogen) atoms. The zero-order valence-electron chi connectivity index (χ0n) is 23.0. The van der Waals surface area contributed by atoms with Gasteiger partial charge in [0.05, 0.1) is 42.8 Å². The quantitative estimate of drug-likeness (QED) is 0.225. The number of hydrogen-bond acceptors (Lipinski definition) is 8. The number of rotatable bonds is 6. The maximum Gasteiger partial charge on any atom is 0.309 e. The number of amides is 2. The van der Waals surface area contributed by atoms with Crippen molar-refractivity contribution in [3.8, 4) is 16.9 Å². The summed E-state index contributed by atoms with van der Waals surface area (Å²) in [6.07, 6.45) is 8.13. The van der Waals surface area contributed by atoms with Gasteiger partial charge in [0.1, 0.15) is 12.2 Å². The summed E-state index contributed by atoms with van der Waals surface area (Å²) in [7, 11) is 1.34. The summed E-state index contributed by atoms with van der Waals surface area (Å²) < 4.78 is 6.27. The number of anilines is 1. The molecule has 0 fully saturated rings. The molecule has 216 valence electrons. The molecular weight excluding hydrogens is 560 g/mol. The van der Waals surface area contributed by atoms with Crippen molar-refractivity contribution in [1.82, 2.24) is 35.5 Å². The summed E-state index contributed by atoms with van der Waals surface area (Å²) in [6.45, 7) is 1.87. The van der Waals surface area contributed by atoms with Crippen LogP contribution in [0.15, 0.2) is 55.0 Å². The lowest BCUT2D eigenvalue weighted by Crippen LogP contribution is -2.28. The Hall–Kier alpha value is -4.84. The first-order chi connectivity index (χ1) is 20.3. The number of imidazole rings is 1. The molecule has 3 N–H and O–H groups in total. The standard InChI is InChI=1S/C29H29ClN8O4/c1-17-4-3-5-22(33-26(39)11-7-19-14-20(30)8-10-25(19)38-16-32-36-37-38)28-31-15-24(34-28)21-9-6-18(13-27(40)42-2)12-23(21)35-29(17)41/h6-12,14-17,22H,3-5,13H2,1-2H3,(H,31,34)(H,33,39)(H,35,41)/b11-7+/t17-,22-/m0/s1. The zero-order chi connectivity index (χ0) is 29.6. The highest BCUT2D eigenvalue weighted by atomic mass is 35.5. The predicted molar refractivity (Wildman–Crippen MR) is 155 cm³/mol. The van der Waals surface area contributed by atoms with Crippen LogP contribution in [0.5, 0.6) is 0 Å². The van der Waals surface area contributed by atoms with Crippen molar-refractivity contribution in [2.45, 2.75) is 38.6 Å². The molecule has 13 heteroatoms. The Bertz CT molecular complexity index is 1630. The molecule has 1 aliphatic heterocycles. The topological polar surface area (TPSA) is 157 Å². The maximum absolute atomic E-state index is 13.1. The number of methoxy groups -OCH3 is 1. The van der Waals surface area contributed by atoms with Crippen molar-refractivity contribution in [2.75, 3.05) is 12.4 Å². The number of H-pyrrole nitrogens is 1. The molecular formula is C29H29ClN8O4. The SMILES string of the molecule is COC(=O)Cc1ccc2c(c1)NC(=O)[C@@H](C)CCC[C@H](NC(=O)/C=C/c1cc(Cl)ccc1-n1cnnn1)c1ncc-2[nH]1. The summed E-state index contributed by atoms with van der Waals surface area (Å²) in [5, 5.41) is 17.8. The number of fused-ring (bicyclic) bond motifs is 4. The molecule has 0 saturated carbocycles. The number of benzene rings is 2. The number of hydrogen-bond donors (Lipinski definition) is 3. The first-order valence-electron chi connectivity index (χ1n) is 13.4. The van der Waals surface area contributed by atoms with Gasteiger partial charge in [-0.2, -0.15) is 4.68 Å². The number of nitrogens with one attached hydrogen (secondary N) is 3. The molecule has 3 heterocycles. The van der Waals surface area contributed by atoms with Gasteiger partial charge in [0.15, 0.2) is 0 Å². The van der Waals surface area contributed by atoms with Crippen LogP contribution in [-0.2, 0) is 25.5 Å². The van der Waals surface area contributed by atoms with Crippen LogP contribution in [0.25, 0.3) is 23.0 Å². The van der Waals surface area contributed by atoms with E-state index in [1.807, 2.05) is 13.0 Å². The summed E-state index contributed by atoms with van der Waals surface area (Å²) in [5.74, 6) is -0.511. The molecule has 1 aliphatic rings. The fraction of sp³-hybridized carbons (Fsp3) is 0.276. The lowest BCUT2D eigenvalue weighted by Gasteiger charge is -2.19. The first kappa shape index (κ1) is 28.7. The van der Waals surface area contributed by atoms with Crippen LogP contribution in [0.4, 0.5) is 5.69 Å². The van der Waals surface area contributed by atoms with E-state index in [0.29, 0.717) is 63.9 Å².